The summed E-state index contributed by atoms with van der Waals surface area (Å²) in [5.41, 5.74) is 7.71. The van der Waals surface area contributed by atoms with Crippen LogP contribution in [0.3, 0.4) is 0 Å². The van der Waals surface area contributed by atoms with E-state index in [0.29, 0.717) is 5.82 Å². The summed E-state index contributed by atoms with van der Waals surface area (Å²) in [7, 11) is -2.06. The lowest BCUT2D eigenvalue weighted by Gasteiger charge is -2.42. The average molecular weight is 825 g/mol. The van der Waals surface area contributed by atoms with Gasteiger partial charge in [0.1, 0.15) is 11.6 Å². The number of hydrogen-bond acceptors (Lipinski definition) is 2. The van der Waals surface area contributed by atoms with Gasteiger partial charge in [0.2, 0.25) is 0 Å². The van der Waals surface area contributed by atoms with Crippen molar-refractivity contribution in [1.29, 1.82) is 0 Å². The Labute approximate surface area is 367 Å². The van der Waals surface area contributed by atoms with Gasteiger partial charge >= 0.3 is 0 Å². The number of aromatic nitrogens is 4. The molecule has 12 rings (SSSR count). The van der Waals surface area contributed by atoms with Crippen molar-refractivity contribution in [3.05, 3.63) is 243 Å². The second-order valence-corrected chi connectivity index (χ2v) is 18.9. The van der Waals surface area contributed by atoms with Crippen LogP contribution < -0.4 is 0 Å². The molecule has 12 aromatic rings. The van der Waals surface area contributed by atoms with E-state index >= 15 is 0 Å². The van der Waals surface area contributed by atoms with Crippen LogP contribution in [-0.4, -0.2) is 19.1 Å². The van der Waals surface area contributed by atoms with E-state index in [2.05, 4.69) is 252 Å². The Bertz CT molecular complexity index is 3350. The summed E-state index contributed by atoms with van der Waals surface area (Å²) in [5, 5.41) is 4.74. The Morgan fingerprint density at radius 3 is 1.05 bits per heavy atom. The first-order valence-electron chi connectivity index (χ1n) is 21.3. The highest BCUT2D eigenvalue weighted by Gasteiger charge is 2.34. The third kappa shape index (κ3) is 6.00. The van der Waals surface area contributed by atoms with E-state index in [9.17, 15) is 0 Å². The fraction of sp³-hybridized carbons (Fsp3) is 0. The Hall–Kier alpha value is -7.99. The number of nitrogens with zero attached hydrogens (tertiary/aromatic N) is 4. The van der Waals surface area contributed by atoms with Crippen LogP contribution in [0.4, 0.5) is 0 Å². The van der Waals surface area contributed by atoms with Gasteiger partial charge in [0, 0.05) is 52.8 Å². The largest absolute Gasteiger partial charge is 0.294 e. The summed E-state index contributed by atoms with van der Waals surface area (Å²) in [6, 6.07) is 87.6. The minimum absolute atomic E-state index is 0.653. The van der Waals surface area contributed by atoms with Crippen molar-refractivity contribution < 1.29 is 0 Å². The lowest BCUT2D eigenvalue weighted by Crippen LogP contribution is -2.07. The van der Waals surface area contributed by atoms with E-state index in [0.717, 1.165) is 39.3 Å². The molecule has 3 aromatic heterocycles. The third-order valence-electron chi connectivity index (χ3n) is 12.3. The zero-order chi connectivity index (χ0) is 41.7. The summed E-state index contributed by atoms with van der Waals surface area (Å²) >= 11 is 0. The van der Waals surface area contributed by atoms with Crippen LogP contribution in [0.2, 0.25) is 0 Å². The highest BCUT2D eigenvalue weighted by Crippen LogP contribution is 2.73. The minimum Gasteiger partial charge on any atom is -0.294 e. The molecule has 9 aromatic carbocycles. The van der Waals surface area contributed by atoms with Crippen LogP contribution in [0.1, 0.15) is 0 Å². The second kappa shape index (κ2) is 15.2. The number of rotatable bonds is 8. The van der Waals surface area contributed by atoms with Gasteiger partial charge in [-0.15, -0.1) is 10.0 Å². The van der Waals surface area contributed by atoms with Gasteiger partial charge in [-0.1, -0.05) is 164 Å². The van der Waals surface area contributed by atoms with E-state index in [4.69, 9.17) is 9.97 Å². The van der Waals surface area contributed by atoms with Crippen LogP contribution >= 0.6 is 10.0 Å². The van der Waals surface area contributed by atoms with Crippen LogP contribution in [-0.2, 0) is 0 Å². The van der Waals surface area contributed by atoms with Gasteiger partial charge in [-0.25, -0.2) is 9.97 Å². The predicted molar refractivity (Wildman–Crippen MR) is 262 cm³/mol. The molecule has 0 atom stereocenters. The van der Waals surface area contributed by atoms with Crippen molar-refractivity contribution in [2.24, 2.45) is 0 Å². The summed E-state index contributed by atoms with van der Waals surface area (Å²) < 4.78 is 4.60. The van der Waals surface area contributed by atoms with E-state index in [1.165, 1.54) is 52.3 Å². The summed E-state index contributed by atoms with van der Waals surface area (Å²) in [4.78, 5) is 16.1. The quantitative estimate of drug-likeness (QED) is 0.153. The molecule has 0 fully saturated rings. The SMILES string of the molecule is c1ccc(-c2cccc(S(c3ccccc3)(c3ccccc3)c3cccc(-c4nc(-n5c6ccccc6c6ccccc65)cc(-n5c6ccccc6c6ccccc65)n4)c3)c2)cc1. The van der Waals surface area contributed by atoms with Crippen LogP contribution in [0.15, 0.2) is 262 Å². The highest BCUT2D eigenvalue weighted by atomic mass is 32.3. The smallest absolute Gasteiger partial charge is 0.163 e. The molecule has 0 saturated heterocycles. The third-order valence-corrected chi connectivity index (χ3v) is 16.1. The molecule has 0 unspecified atom stereocenters. The molecule has 4 nitrogen and oxygen atoms in total. The Morgan fingerprint density at radius 1 is 0.270 bits per heavy atom. The maximum Gasteiger partial charge on any atom is 0.163 e. The second-order valence-electron chi connectivity index (χ2n) is 15.8. The molecule has 0 bridgehead atoms. The van der Waals surface area contributed by atoms with E-state index in [-0.39, 0.29) is 0 Å². The van der Waals surface area contributed by atoms with Crippen molar-refractivity contribution in [1.82, 2.24) is 19.1 Å². The first-order chi connectivity index (χ1) is 31.3. The Morgan fingerprint density at radius 2 is 0.603 bits per heavy atom. The zero-order valence-electron chi connectivity index (χ0n) is 34.3. The van der Waals surface area contributed by atoms with Crippen LogP contribution in [0.5, 0.6) is 0 Å². The number of benzene rings is 9. The van der Waals surface area contributed by atoms with Crippen molar-refractivity contribution in [3.8, 4) is 34.2 Å². The molecular formula is C58H40N4S. The van der Waals surface area contributed by atoms with E-state index in [1.807, 2.05) is 0 Å². The number of hydrogen-bond donors (Lipinski definition) is 0. The first-order valence-corrected chi connectivity index (χ1v) is 22.9. The average Bonchev–Trinajstić information content (AvgIpc) is 3.89. The minimum atomic E-state index is -2.06. The molecule has 0 saturated carbocycles. The summed E-state index contributed by atoms with van der Waals surface area (Å²) in [5.74, 6) is 2.26. The molecule has 5 heteroatoms. The standard InChI is InChI=1S/C58H40N4S/c1-4-20-41(21-5-1)42-22-18-28-46(38-42)63(44-24-6-2-7-25-44,45-26-8-3-9-27-45)47-29-19-23-43(39-47)58-59-56(61-52-34-14-10-30-48(52)49-31-11-15-35-53(49)61)40-57(60-58)62-54-36-16-12-32-50(54)51-33-13-17-37-55(51)62/h1-40H. The maximum absolute atomic E-state index is 5.56. The molecule has 63 heavy (non-hydrogen) atoms. The lowest BCUT2D eigenvalue weighted by atomic mass is 10.1. The Balaban J connectivity index is 1.15. The van der Waals surface area contributed by atoms with Gasteiger partial charge in [0.15, 0.2) is 5.82 Å². The van der Waals surface area contributed by atoms with Gasteiger partial charge in [-0.05, 0) is 83.9 Å². The van der Waals surface area contributed by atoms with E-state index in [1.54, 1.807) is 0 Å². The number of para-hydroxylation sites is 4. The van der Waals surface area contributed by atoms with Gasteiger partial charge < -0.3 is 0 Å². The lowest BCUT2D eigenvalue weighted by molar-refractivity contribution is 0.993. The van der Waals surface area contributed by atoms with Gasteiger partial charge in [0.25, 0.3) is 0 Å². The first kappa shape index (κ1) is 36.8. The van der Waals surface area contributed by atoms with Gasteiger partial charge in [-0.2, -0.15) is 0 Å². The fourth-order valence-corrected chi connectivity index (χ4v) is 13.4. The molecule has 0 N–H and O–H groups in total. The molecule has 0 aliphatic carbocycles. The number of fused-ring (bicyclic) bond motifs is 6. The van der Waals surface area contributed by atoms with Crippen molar-refractivity contribution in [2.45, 2.75) is 19.6 Å². The van der Waals surface area contributed by atoms with Crippen LogP contribution in [0.25, 0.3) is 77.8 Å². The molecule has 0 aliphatic rings. The topological polar surface area (TPSA) is 35.6 Å². The molecule has 0 amide bonds. The van der Waals surface area contributed by atoms with Crippen molar-refractivity contribution in [2.75, 3.05) is 0 Å². The molecular weight excluding hydrogens is 785 g/mol. The van der Waals surface area contributed by atoms with Gasteiger partial charge in [-0.3, -0.25) is 9.13 Å². The van der Waals surface area contributed by atoms with Gasteiger partial charge in [0.05, 0.1) is 22.1 Å². The molecule has 0 spiro atoms. The molecule has 298 valence electrons. The van der Waals surface area contributed by atoms with Crippen LogP contribution in [0, 0.1) is 0 Å². The normalized spacial score (nSPS) is 12.1. The van der Waals surface area contributed by atoms with Crippen molar-refractivity contribution >= 4 is 53.6 Å². The summed E-state index contributed by atoms with van der Waals surface area (Å²) in [6.07, 6.45) is 0. The fourth-order valence-electron chi connectivity index (χ4n) is 9.51. The van der Waals surface area contributed by atoms with Crippen molar-refractivity contribution in [3.63, 3.8) is 0 Å². The highest BCUT2D eigenvalue weighted by molar-refractivity contribution is 8.34. The predicted octanol–water partition coefficient (Wildman–Crippen LogP) is 15.3. The Kier molecular flexibility index (Phi) is 8.87. The molecule has 0 aliphatic heterocycles. The molecule has 3 heterocycles. The summed E-state index contributed by atoms with van der Waals surface area (Å²) in [6.45, 7) is 0. The van der Waals surface area contributed by atoms with E-state index < -0.39 is 10.0 Å². The monoisotopic (exact) mass is 824 g/mol. The maximum atomic E-state index is 5.56. The zero-order valence-corrected chi connectivity index (χ0v) is 35.1. The molecule has 0 radical (unpaired) electrons.